The number of hydrogen-bond donors (Lipinski definition) is 2. The zero-order valence-electron chi connectivity index (χ0n) is 10.0. The van der Waals surface area contributed by atoms with Gasteiger partial charge in [-0.1, -0.05) is 0 Å². The number of aryl methyl sites for hydroxylation is 1. The van der Waals surface area contributed by atoms with E-state index in [2.05, 4.69) is 20.1 Å². The van der Waals surface area contributed by atoms with Crippen LogP contribution in [0.1, 0.15) is 10.4 Å². The Morgan fingerprint density at radius 3 is 2.89 bits per heavy atom. The molecule has 0 fully saturated rings. The van der Waals surface area contributed by atoms with E-state index >= 15 is 0 Å². The Kier molecular flexibility index (Phi) is 3.13. The lowest BCUT2D eigenvalue weighted by Gasteiger charge is -2.08. The highest BCUT2D eigenvalue weighted by Gasteiger charge is 2.14. The molecule has 0 aliphatic rings. The second-order valence-electron chi connectivity index (χ2n) is 3.61. The number of anilines is 3. The van der Waals surface area contributed by atoms with E-state index in [-0.39, 0.29) is 11.3 Å². The third-order valence-corrected chi connectivity index (χ3v) is 2.36. The number of nitrogens with zero attached hydrogens (tertiary/aromatic N) is 3. The van der Waals surface area contributed by atoms with Crippen molar-refractivity contribution in [2.24, 2.45) is 7.05 Å². The maximum absolute atomic E-state index is 11.5. The van der Waals surface area contributed by atoms with Crippen molar-refractivity contribution in [3.63, 3.8) is 0 Å². The Labute approximate surface area is 104 Å². The van der Waals surface area contributed by atoms with Gasteiger partial charge < -0.3 is 15.8 Å². The molecule has 18 heavy (non-hydrogen) atoms. The molecule has 7 heteroatoms. The predicted molar refractivity (Wildman–Crippen MR) is 66.5 cm³/mol. The zero-order valence-corrected chi connectivity index (χ0v) is 10.0. The van der Waals surface area contributed by atoms with Crippen LogP contribution < -0.4 is 11.1 Å². The van der Waals surface area contributed by atoms with Crippen LogP contribution in [0.4, 0.5) is 17.3 Å². The van der Waals surface area contributed by atoms with Crippen LogP contribution >= 0.6 is 0 Å². The molecular formula is C11H13N5O2. The van der Waals surface area contributed by atoms with E-state index in [0.29, 0.717) is 11.6 Å². The van der Waals surface area contributed by atoms with Crippen molar-refractivity contribution in [1.29, 1.82) is 0 Å². The highest BCUT2D eigenvalue weighted by Crippen LogP contribution is 2.23. The van der Waals surface area contributed by atoms with E-state index in [4.69, 9.17) is 5.73 Å². The number of hydrogen-bond acceptors (Lipinski definition) is 6. The lowest BCUT2D eigenvalue weighted by molar-refractivity contribution is 0.0602. The van der Waals surface area contributed by atoms with Gasteiger partial charge in [-0.2, -0.15) is 5.10 Å². The van der Waals surface area contributed by atoms with Crippen molar-refractivity contribution in [3.05, 3.63) is 30.1 Å². The molecule has 0 unspecified atom stereocenters. The van der Waals surface area contributed by atoms with Crippen LogP contribution in [-0.4, -0.2) is 27.8 Å². The number of nitrogen functional groups attached to an aromatic ring is 1. The number of nitrogens with one attached hydrogen (secondary N) is 1. The SMILES string of the molecule is COC(=O)c1ccnc(Nc2ccn(C)n2)c1N. The van der Waals surface area contributed by atoms with Gasteiger partial charge in [0.1, 0.15) is 0 Å². The minimum atomic E-state index is -0.501. The van der Waals surface area contributed by atoms with Crippen molar-refractivity contribution in [2.45, 2.75) is 0 Å². The van der Waals surface area contributed by atoms with E-state index in [1.165, 1.54) is 19.4 Å². The molecule has 94 valence electrons. The molecule has 0 saturated carbocycles. The van der Waals surface area contributed by atoms with Gasteiger partial charge in [-0.15, -0.1) is 0 Å². The van der Waals surface area contributed by atoms with Crippen LogP contribution in [0.15, 0.2) is 24.5 Å². The Bertz CT molecular complexity index is 579. The number of rotatable bonds is 3. The molecule has 2 rings (SSSR count). The van der Waals surface area contributed by atoms with Gasteiger partial charge in [0.15, 0.2) is 11.6 Å². The van der Waals surface area contributed by atoms with Gasteiger partial charge in [0, 0.05) is 25.5 Å². The van der Waals surface area contributed by atoms with Crippen LogP contribution in [0.2, 0.25) is 0 Å². The summed E-state index contributed by atoms with van der Waals surface area (Å²) in [5.41, 5.74) is 6.35. The van der Waals surface area contributed by atoms with Crippen LogP contribution in [0.25, 0.3) is 0 Å². The first kappa shape index (κ1) is 11.9. The second-order valence-corrected chi connectivity index (χ2v) is 3.61. The van der Waals surface area contributed by atoms with Gasteiger partial charge in [0.2, 0.25) is 0 Å². The maximum Gasteiger partial charge on any atom is 0.340 e. The fourth-order valence-corrected chi connectivity index (χ4v) is 1.46. The topological polar surface area (TPSA) is 95.1 Å². The maximum atomic E-state index is 11.5. The summed E-state index contributed by atoms with van der Waals surface area (Å²) in [4.78, 5) is 15.5. The highest BCUT2D eigenvalue weighted by molar-refractivity contribution is 5.97. The summed E-state index contributed by atoms with van der Waals surface area (Å²) in [6.45, 7) is 0. The number of ether oxygens (including phenoxy) is 1. The minimum Gasteiger partial charge on any atom is -0.465 e. The van der Waals surface area contributed by atoms with Crippen molar-refractivity contribution in [2.75, 3.05) is 18.2 Å². The van der Waals surface area contributed by atoms with Gasteiger partial charge >= 0.3 is 5.97 Å². The van der Waals surface area contributed by atoms with E-state index in [1.807, 2.05) is 0 Å². The van der Waals surface area contributed by atoms with Crippen LogP contribution in [0, 0.1) is 0 Å². The van der Waals surface area contributed by atoms with E-state index in [0.717, 1.165) is 0 Å². The molecule has 2 heterocycles. The van der Waals surface area contributed by atoms with E-state index in [1.54, 1.807) is 24.0 Å². The molecule has 0 aliphatic carbocycles. The molecule has 0 atom stereocenters. The highest BCUT2D eigenvalue weighted by atomic mass is 16.5. The van der Waals surface area contributed by atoms with Crippen molar-refractivity contribution in [3.8, 4) is 0 Å². The third kappa shape index (κ3) is 2.24. The van der Waals surface area contributed by atoms with Gasteiger partial charge in [0.05, 0.1) is 18.4 Å². The smallest absolute Gasteiger partial charge is 0.340 e. The van der Waals surface area contributed by atoms with Crippen molar-refractivity contribution in [1.82, 2.24) is 14.8 Å². The van der Waals surface area contributed by atoms with Gasteiger partial charge in [-0.3, -0.25) is 4.68 Å². The summed E-state index contributed by atoms with van der Waals surface area (Å²) < 4.78 is 6.27. The van der Waals surface area contributed by atoms with E-state index < -0.39 is 5.97 Å². The summed E-state index contributed by atoms with van der Waals surface area (Å²) in [6.07, 6.45) is 3.26. The standard InChI is InChI=1S/C11H13N5O2/c1-16-6-4-8(15-16)14-10-9(12)7(3-5-13-10)11(17)18-2/h3-6H,12H2,1-2H3,(H,13,14,15). The molecule has 0 aromatic carbocycles. The van der Waals surface area contributed by atoms with Crippen molar-refractivity contribution < 1.29 is 9.53 Å². The number of aromatic nitrogens is 3. The molecule has 0 bridgehead atoms. The second kappa shape index (κ2) is 4.74. The molecule has 0 aliphatic heterocycles. The number of nitrogens with two attached hydrogens (primary N) is 1. The van der Waals surface area contributed by atoms with Crippen LogP contribution in [-0.2, 0) is 11.8 Å². The molecule has 0 amide bonds. The van der Waals surface area contributed by atoms with E-state index in [9.17, 15) is 4.79 Å². The quantitative estimate of drug-likeness (QED) is 0.783. The largest absolute Gasteiger partial charge is 0.465 e. The molecule has 0 spiro atoms. The molecule has 3 N–H and O–H groups in total. The summed E-state index contributed by atoms with van der Waals surface area (Å²) in [5, 5.41) is 7.07. The minimum absolute atomic E-state index is 0.231. The molecule has 0 radical (unpaired) electrons. The van der Waals surface area contributed by atoms with Crippen LogP contribution in [0.3, 0.4) is 0 Å². The summed E-state index contributed by atoms with van der Waals surface area (Å²) in [7, 11) is 3.10. The summed E-state index contributed by atoms with van der Waals surface area (Å²) in [5.74, 6) is 0.467. The fraction of sp³-hybridized carbons (Fsp3) is 0.182. The van der Waals surface area contributed by atoms with Gasteiger partial charge in [-0.25, -0.2) is 9.78 Å². The monoisotopic (exact) mass is 247 g/mol. The first-order valence-electron chi connectivity index (χ1n) is 5.21. The first-order valence-corrected chi connectivity index (χ1v) is 5.21. The Morgan fingerprint density at radius 1 is 1.50 bits per heavy atom. The number of methoxy groups -OCH3 is 1. The molecule has 2 aromatic rings. The zero-order chi connectivity index (χ0) is 13.1. The summed E-state index contributed by atoms with van der Waals surface area (Å²) >= 11 is 0. The van der Waals surface area contributed by atoms with Crippen molar-refractivity contribution >= 4 is 23.3 Å². The Hall–Kier alpha value is -2.57. The number of pyridine rings is 1. The average molecular weight is 247 g/mol. The molecule has 7 nitrogen and oxygen atoms in total. The normalized spacial score (nSPS) is 10.1. The summed E-state index contributed by atoms with van der Waals surface area (Å²) in [6, 6.07) is 3.27. The Balaban J connectivity index is 2.31. The fourth-order valence-electron chi connectivity index (χ4n) is 1.46. The molecule has 0 saturated heterocycles. The first-order chi connectivity index (χ1) is 8.61. The average Bonchev–Trinajstić information content (AvgIpc) is 2.76. The lowest BCUT2D eigenvalue weighted by atomic mass is 10.2. The number of carbonyl (C=O) groups is 1. The van der Waals surface area contributed by atoms with Gasteiger partial charge in [-0.05, 0) is 6.07 Å². The third-order valence-electron chi connectivity index (χ3n) is 2.36. The molecular weight excluding hydrogens is 234 g/mol. The lowest BCUT2D eigenvalue weighted by Crippen LogP contribution is -2.09. The Morgan fingerprint density at radius 2 is 2.28 bits per heavy atom. The molecule has 2 aromatic heterocycles. The number of carbonyl (C=O) groups excluding carboxylic acids is 1. The number of esters is 1. The van der Waals surface area contributed by atoms with Crippen LogP contribution in [0.5, 0.6) is 0 Å². The van der Waals surface area contributed by atoms with Gasteiger partial charge in [0.25, 0.3) is 0 Å². The predicted octanol–water partition coefficient (Wildman–Crippen LogP) is 0.927.